The summed E-state index contributed by atoms with van der Waals surface area (Å²) >= 11 is 0. The molecule has 0 bridgehead atoms. The van der Waals surface area contributed by atoms with E-state index in [0.29, 0.717) is 5.82 Å². The van der Waals surface area contributed by atoms with Crippen molar-refractivity contribution in [3.05, 3.63) is 41.6 Å². The van der Waals surface area contributed by atoms with E-state index in [2.05, 4.69) is 26.5 Å². The van der Waals surface area contributed by atoms with Crippen LogP contribution < -0.4 is 10.5 Å². The van der Waals surface area contributed by atoms with Gasteiger partial charge in [0.25, 0.3) is 10.0 Å². The third kappa shape index (κ3) is 3.59. The highest BCUT2D eigenvalue weighted by Crippen LogP contribution is 2.17. The largest absolute Gasteiger partial charge is 0.332 e. The number of aryl methyl sites for hydroxylation is 1. The van der Waals surface area contributed by atoms with Gasteiger partial charge < -0.3 is 10.7 Å². The van der Waals surface area contributed by atoms with Crippen LogP contribution in [0.3, 0.4) is 0 Å². The molecule has 0 aliphatic heterocycles. The number of H-pyrrole nitrogens is 1. The molecule has 0 aliphatic rings. The Labute approximate surface area is 121 Å². The highest BCUT2D eigenvalue weighted by Gasteiger charge is 2.17. The number of aromatic amines is 1. The predicted octanol–water partition coefficient (Wildman–Crippen LogP) is 0.968. The van der Waals surface area contributed by atoms with Crippen LogP contribution in [0.2, 0.25) is 0 Å². The fraction of sp³-hybridized carbons (Fsp3) is 0.154. The number of sulfonamides is 1. The number of halogens is 1. The zero-order chi connectivity index (χ0) is 15.5. The molecule has 0 aliphatic carbocycles. The van der Waals surface area contributed by atoms with E-state index in [0.717, 1.165) is 6.07 Å². The number of aromatic nitrogens is 2. The first-order valence-corrected chi connectivity index (χ1v) is 7.43. The Bertz CT molecular complexity index is 818. The molecule has 1 heterocycles. The van der Waals surface area contributed by atoms with Crippen molar-refractivity contribution >= 4 is 15.7 Å². The molecular weight excluding hydrogens is 295 g/mol. The van der Waals surface area contributed by atoms with Gasteiger partial charge in [0.2, 0.25) is 0 Å². The molecule has 0 amide bonds. The Morgan fingerprint density at radius 3 is 2.81 bits per heavy atom. The lowest BCUT2D eigenvalue weighted by molar-refractivity contribution is 0.598. The Morgan fingerprint density at radius 1 is 1.48 bits per heavy atom. The number of nitrogens with zero attached hydrogens (tertiary/aromatic N) is 1. The maximum Gasteiger partial charge on any atom is 0.278 e. The second-order valence-electron chi connectivity index (χ2n) is 4.14. The minimum atomic E-state index is -3.83. The molecule has 1 aromatic heterocycles. The molecule has 0 saturated heterocycles. The number of imidazole rings is 1. The summed E-state index contributed by atoms with van der Waals surface area (Å²) in [5.74, 6) is 4.92. The van der Waals surface area contributed by atoms with Crippen LogP contribution in [-0.4, -0.2) is 24.9 Å². The first-order valence-electron chi connectivity index (χ1n) is 5.95. The number of rotatable bonds is 3. The van der Waals surface area contributed by atoms with Crippen LogP contribution in [0, 0.1) is 24.6 Å². The number of benzene rings is 1. The van der Waals surface area contributed by atoms with Crippen molar-refractivity contribution in [3.63, 3.8) is 0 Å². The molecule has 0 radical (unpaired) electrons. The van der Waals surface area contributed by atoms with Crippen molar-refractivity contribution in [2.24, 2.45) is 5.73 Å². The SMILES string of the molecule is Cc1ncc(S(=O)(=O)Nc2ccc(C#CCN)c(F)c2)[nH]1. The molecule has 2 aromatic rings. The molecule has 0 spiro atoms. The van der Waals surface area contributed by atoms with E-state index in [1.165, 1.54) is 18.3 Å². The second kappa shape index (κ2) is 5.95. The average Bonchev–Trinajstić information content (AvgIpc) is 2.85. The Morgan fingerprint density at radius 2 is 2.24 bits per heavy atom. The highest BCUT2D eigenvalue weighted by atomic mass is 32.2. The summed E-state index contributed by atoms with van der Waals surface area (Å²) in [5, 5.41) is -0.0904. The Kier molecular flexibility index (Phi) is 4.26. The monoisotopic (exact) mass is 308 g/mol. The van der Waals surface area contributed by atoms with Gasteiger partial charge in [-0.1, -0.05) is 11.8 Å². The molecule has 1 aromatic carbocycles. The van der Waals surface area contributed by atoms with E-state index in [4.69, 9.17) is 5.73 Å². The minimum absolute atomic E-state index is 0.0904. The van der Waals surface area contributed by atoms with E-state index in [-0.39, 0.29) is 22.8 Å². The fourth-order valence-corrected chi connectivity index (χ4v) is 2.59. The molecule has 8 heteroatoms. The summed E-state index contributed by atoms with van der Waals surface area (Å²) in [6, 6.07) is 3.86. The smallest absolute Gasteiger partial charge is 0.278 e. The van der Waals surface area contributed by atoms with Gasteiger partial charge in [-0.2, -0.15) is 8.42 Å². The quantitative estimate of drug-likeness (QED) is 0.735. The van der Waals surface area contributed by atoms with Crippen LogP contribution in [0.5, 0.6) is 0 Å². The van der Waals surface area contributed by atoms with Gasteiger partial charge in [-0.3, -0.25) is 4.72 Å². The summed E-state index contributed by atoms with van der Waals surface area (Å²) in [6.07, 6.45) is 1.19. The van der Waals surface area contributed by atoms with Crippen molar-refractivity contribution in [1.82, 2.24) is 9.97 Å². The first kappa shape index (κ1) is 15.0. The van der Waals surface area contributed by atoms with Gasteiger partial charge in [-0.25, -0.2) is 9.37 Å². The molecule has 0 fully saturated rings. The van der Waals surface area contributed by atoms with Gasteiger partial charge in [0.15, 0.2) is 5.03 Å². The average molecular weight is 308 g/mol. The van der Waals surface area contributed by atoms with Crippen molar-refractivity contribution < 1.29 is 12.8 Å². The van der Waals surface area contributed by atoms with Gasteiger partial charge >= 0.3 is 0 Å². The van der Waals surface area contributed by atoms with Crippen molar-refractivity contribution in [1.29, 1.82) is 0 Å². The second-order valence-corrected chi connectivity index (χ2v) is 5.79. The lowest BCUT2D eigenvalue weighted by atomic mass is 10.2. The molecule has 21 heavy (non-hydrogen) atoms. The van der Waals surface area contributed by atoms with Gasteiger partial charge in [-0.05, 0) is 25.1 Å². The van der Waals surface area contributed by atoms with Crippen LogP contribution in [-0.2, 0) is 10.0 Å². The van der Waals surface area contributed by atoms with Crippen LogP contribution in [0.15, 0.2) is 29.4 Å². The molecule has 6 nitrogen and oxygen atoms in total. The number of anilines is 1. The Hall–Kier alpha value is -2.37. The van der Waals surface area contributed by atoms with Crippen LogP contribution in [0.1, 0.15) is 11.4 Å². The molecular formula is C13H13FN4O2S. The topological polar surface area (TPSA) is 101 Å². The summed E-state index contributed by atoms with van der Waals surface area (Å²) in [5.41, 5.74) is 5.46. The summed E-state index contributed by atoms with van der Waals surface area (Å²) in [7, 11) is -3.83. The van der Waals surface area contributed by atoms with Gasteiger partial charge in [0, 0.05) is 0 Å². The van der Waals surface area contributed by atoms with Crippen LogP contribution in [0.25, 0.3) is 0 Å². The summed E-state index contributed by atoms with van der Waals surface area (Å²) in [6.45, 7) is 1.75. The van der Waals surface area contributed by atoms with Crippen molar-refractivity contribution in [2.45, 2.75) is 11.9 Å². The first-order chi connectivity index (χ1) is 9.92. The van der Waals surface area contributed by atoms with E-state index in [1.807, 2.05) is 0 Å². The van der Waals surface area contributed by atoms with Crippen molar-refractivity contribution in [3.8, 4) is 11.8 Å². The number of hydrogen-bond donors (Lipinski definition) is 3. The van der Waals surface area contributed by atoms with E-state index >= 15 is 0 Å². The zero-order valence-electron chi connectivity index (χ0n) is 11.1. The molecule has 110 valence electrons. The summed E-state index contributed by atoms with van der Waals surface area (Å²) < 4.78 is 40.1. The third-order valence-corrected chi connectivity index (χ3v) is 3.81. The lowest BCUT2D eigenvalue weighted by Gasteiger charge is -2.06. The lowest BCUT2D eigenvalue weighted by Crippen LogP contribution is -2.13. The Balaban J connectivity index is 2.26. The molecule has 0 atom stereocenters. The number of nitrogens with one attached hydrogen (secondary N) is 2. The van der Waals surface area contributed by atoms with E-state index in [1.54, 1.807) is 6.92 Å². The number of nitrogens with two attached hydrogens (primary N) is 1. The summed E-state index contributed by atoms with van der Waals surface area (Å²) in [4.78, 5) is 6.41. The third-order valence-electron chi connectivity index (χ3n) is 2.52. The molecule has 4 N–H and O–H groups in total. The van der Waals surface area contributed by atoms with E-state index in [9.17, 15) is 12.8 Å². The van der Waals surface area contributed by atoms with Gasteiger partial charge in [-0.15, -0.1) is 0 Å². The predicted molar refractivity (Wildman–Crippen MR) is 76.5 cm³/mol. The van der Waals surface area contributed by atoms with Gasteiger partial charge in [0.05, 0.1) is 24.0 Å². The zero-order valence-corrected chi connectivity index (χ0v) is 12.0. The molecule has 2 rings (SSSR count). The van der Waals surface area contributed by atoms with E-state index < -0.39 is 15.8 Å². The van der Waals surface area contributed by atoms with Crippen molar-refractivity contribution in [2.75, 3.05) is 11.3 Å². The number of hydrogen-bond acceptors (Lipinski definition) is 4. The minimum Gasteiger partial charge on any atom is -0.332 e. The molecule has 0 unspecified atom stereocenters. The maximum absolute atomic E-state index is 13.8. The standard InChI is InChI=1S/C13H13FN4O2S/c1-9-16-8-13(17-9)21(19,20)18-11-5-4-10(3-2-6-15)12(14)7-11/h4-5,7-8,18H,6,15H2,1H3,(H,16,17). The van der Waals surface area contributed by atoms with Gasteiger partial charge in [0.1, 0.15) is 11.6 Å². The highest BCUT2D eigenvalue weighted by molar-refractivity contribution is 7.92. The maximum atomic E-state index is 13.8. The fourth-order valence-electron chi connectivity index (χ4n) is 1.57. The van der Waals surface area contributed by atoms with Crippen LogP contribution >= 0.6 is 0 Å². The normalized spacial score (nSPS) is 10.8. The van der Waals surface area contributed by atoms with Crippen LogP contribution in [0.4, 0.5) is 10.1 Å². The molecule has 0 saturated carbocycles.